The fraction of sp³-hybridized carbons (Fsp3) is 0.306. The van der Waals surface area contributed by atoms with Gasteiger partial charge in [0.1, 0.15) is 11.4 Å². The van der Waals surface area contributed by atoms with Crippen LogP contribution in [0.5, 0.6) is 0 Å². The van der Waals surface area contributed by atoms with Crippen LogP contribution in [0.25, 0.3) is 11.0 Å². The highest BCUT2D eigenvalue weighted by molar-refractivity contribution is 6.30. The topological polar surface area (TPSA) is 82.9 Å². The molecular formula is C36H35ClFN3O4. The second-order valence-corrected chi connectivity index (χ2v) is 12.2. The van der Waals surface area contributed by atoms with E-state index in [1.54, 1.807) is 0 Å². The van der Waals surface area contributed by atoms with Gasteiger partial charge in [0.15, 0.2) is 11.2 Å². The largest absolute Gasteiger partial charge is 0.451 e. The number of nitrogens with zero attached hydrogens (tertiary/aromatic N) is 2. The van der Waals surface area contributed by atoms with Crippen molar-refractivity contribution in [3.63, 3.8) is 0 Å². The Bertz CT molecular complexity index is 1790. The number of benzene rings is 3. The van der Waals surface area contributed by atoms with E-state index in [2.05, 4.69) is 28.4 Å². The number of piperidine rings is 2. The molecule has 3 heterocycles. The van der Waals surface area contributed by atoms with Crippen molar-refractivity contribution in [1.29, 1.82) is 0 Å². The molecule has 0 bridgehead atoms. The highest BCUT2D eigenvalue weighted by Gasteiger charge is 2.23. The first kappa shape index (κ1) is 30.6. The Morgan fingerprint density at radius 1 is 0.956 bits per heavy atom. The molecule has 4 aromatic rings. The molecule has 232 valence electrons. The molecule has 9 heteroatoms. The van der Waals surface area contributed by atoms with Gasteiger partial charge in [-0.05, 0) is 79.6 Å². The summed E-state index contributed by atoms with van der Waals surface area (Å²) in [6.45, 7) is 3.06. The molecule has 1 atom stereocenters. The minimum atomic E-state index is -0.548. The van der Waals surface area contributed by atoms with Crippen molar-refractivity contribution in [3.8, 4) is 0 Å². The fourth-order valence-corrected chi connectivity index (χ4v) is 6.31. The molecule has 2 aliphatic heterocycles. The van der Waals surface area contributed by atoms with Crippen LogP contribution in [-0.2, 0) is 17.8 Å². The molecule has 0 saturated carbocycles. The second kappa shape index (κ2) is 13.7. The van der Waals surface area contributed by atoms with E-state index in [1.807, 2.05) is 41.3 Å². The van der Waals surface area contributed by atoms with Crippen LogP contribution in [-0.4, -0.2) is 42.4 Å². The number of fused-ring (bicyclic) bond motifs is 1. The number of rotatable bonds is 8. The summed E-state index contributed by atoms with van der Waals surface area (Å²) in [4.78, 5) is 42.8. The van der Waals surface area contributed by atoms with Gasteiger partial charge in [-0.1, -0.05) is 53.6 Å². The summed E-state index contributed by atoms with van der Waals surface area (Å²) >= 11 is 6.11. The molecule has 2 fully saturated rings. The van der Waals surface area contributed by atoms with Crippen LogP contribution in [0.1, 0.15) is 53.8 Å². The zero-order valence-corrected chi connectivity index (χ0v) is 25.7. The minimum absolute atomic E-state index is 0.0854. The Balaban J connectivity index is 1.18. The third-order valence-electron chi connectivity index (χ3n) is 8.56. The molecule has 3 aromatic carbocycles. The summed E-state index contributed by atoms with van der Waals surface area (Å²) < 4.78 is 19.4. The summed E-state index contributed by atoms with van der Waals surface area (Å²) in [5, 5.41) is 3.76. The van der Waals surface area contributed by atoms with Crippen LogP contribution in [0.2, 0.25) is 5.02 Å². The maximum absolute atomic E-state index is 13.7. The van der Waals surface area contributed by atoms with E-state index >= 15 is 0 Å². The van der Waals surface area contributed by atoms with Crippen molar-refractivity contribution in [2.75, 3.05) is 24.5 Å². The number of hydrogen-bond acceptors (Lipinski definition) is 5. The predicted molar refractivity (Wildman–Crippen MR) is 174 cm³/mol. The van der Waals surface area contributed by atoms with E-state index in [4.69, 9.17) is 16.0 Å². The Labute approximate surface area is 266 Å². The number of likely N-dealkylation sites (tertiary alicyclic amines) is 1. The number of hydrogen-bond donors (Lipinski definition) is 1. The van der Waals surface area contributed by atoms with E-state index in [-0.39, 0.29) is 28.7 Å². The van der Waals surface area contributed by atoms with Crippen molar-refractivity contribution in [2.24, 2.45) is 0 Å². The van der Waals surface area contributed by atoms with E-state index in [9.17, 15) is 18.8 Å². The molecule has 2 saturated heterocycles. The highest BCUT2D eigenvalue weighted by atomic mass is 35.5. The van der Waals surface area contributed by atoms with Crippen LogP contribution in [0.4, 0.5) is 10.1 Å². The van der Waals surface area contributed by atoms with Crippen molar-refractivity contribution in [1.82, 2.24) is 10.2 Å². The highest BCUT2D eigenvalue weighted by Crippen LogP contribution is 2.28. The van der Waals surface area contributed by atoms with Gasteiger partial charge in [-0.25, -0.2) is 4.39 Å². The Morgan fingerprint density at radius 3 is 2.51 bits per heavy atom. The predicted octanol–water partition coefficient (Wildman–Crippen LogP) is 6.67. The number of para-hydroxylation sites is 1. The third kappa shape index (κ3) is 7.45. The zero-order chi connectivity index (χ0) is 31.3. The van der Waals surface area contributed by atoms with Gasteiger partial charge in [-0.15, -0.1) is 0 Å². The van der Waals surface area contributed by atoms with E-state index in [0.29, 0.717) is 24.4 Å². The van der Waals surface area contributed by atoms with Gasteiger partial charge in [0.25, 0.3) is 5.91 Å². The third-order valence-corrected chi connectivity index (χ3v) is 8.81. The number of amides is 2. The van der Waals surface area contributed by atoms with Gasteiger partial charge >= 0.3 is 0 Å². The van der Waals surface area contributed by atoms with Gasteiger partial charge in [0, 0.05) is 49.4 Å². The number of anilines is 1. The molecule has 0 unspecified atom stereocenters. The van der Waals surface area contributed by atoms with Crippen LogP contribution < -0.4 is 15.6 Å². The van der Waals surface area contributed by atoms with Crippen molar-refractivity contribution in [3.05, 3.63) is 122 Å². The Kier molecular flexibility index (Phi) is 9.31. The molecule has 1 N–H and O–H groups in total. The molecule has 45 heavy (non-hydrogen) atoms. The first-order valence-electron chi connectivity index (χ1n) is 15.4. The standard InChI is InChI=1S/C36H35ClFN3O4/c37-27-10-8-24(9-11-27)19-29(39-36(44)34-22-32(42)30-21-28(38)12-13-33(30)45-34)20-25-14-17-40(18-15-25)31-6-2-1-5-26(31)23-41-16-4-3-7-35(41)43/h1-2,5-6,8-13,20-22,29H,3-4,7,14-19,23H2,(H,39,44)/t29-/m1/s1. The smallest absolute Gasteiger partial charge is 0.287 e. The average molecular weight is 628 g/mol. The summed E-state index contributed by atoms with van der Waals surface area (Å²) in [7, 11) is 0. The molecule has 0 aliphatic carbocycles. The zero-order valence-electron chi connectivity index (χ0n) is 24.9. The lowest BCUT2D eigenvalue weighted by molar-refractivity contribution is -0.133. The first-order chi connectivity index (χ1) is 21.8. The van der Waals surface area contributed by atoms with Gasteiger partial charge in [0.2, 0.25) is 5.91 Å². The van der Waals surface area contributed by atoms with Gasteiger partial charge in [0.05, 0.1) is 11.4 Å². The van der Waals surface area contributed by atoms with Gasteiger partial charge in [-0.2, -0.15) is 0 Å². The van der Waals surface area contributed by atoms with E-state index < -0.39 is 17.2 Å². The van der Waals surface area contributed by atoms with Crippen LogP contribution in [0.15, 0.2) is 93.7 Å². The quantitative estimate of drug-likeness (QED) is 0.221. The molecule has 6 rings (SSSR count). The van der Waals surface area contributed by atoms with Crippen molar-refractivity contribution in [2.45, 2.75) is 51.1 Å². The summed E-state index contributed by atoms with van der Waals surface area (Å²) in [6.07, 6.45) is 6.91. The summed E-state index contributed by atoms with van der Waals surface area (Å²) in [6, 6.07) is 20.2. The lowest BCUT2D eigenvalue weighted by Crippen LogP contribution is -2.37. The molecule has 2 amide bonds. The minimum Gasteiger partial charge on any atom is -0.451 e. The van der Waals surface area contributed by atoms with Crippen molar-refractivity contribution < 1.29 is 18.4 Å². The SMILES string of the molecule is O=C(N[C@@H](C=C1CCN(c2ccccc2CN2CCCCC2=O)CC1)Cc1ccc(Cl)cc1)c1cc(=O)c2cc(F)ccc2o1. The molecule has 1 aromatic heterocycles. The number of carbonyl (C=O) groups is 2. The maximum Gasteiger partial charge on any atom is 0.287 e. The average Bonchev–Trinajstić information content (AvgIpc) is 3.04. The number of halogens is 2. The molecule has 2 aliphatic rings. The normalized spacial score (nSPS) is 16.1. The fourth-order valence-electron chi connectivity index (χ4n) is 6.18. The lowest BCUT2D eigenvalue weighted by atomic mass is 9.97. The molecule has 0 radical (unpaired) electrons. The van der Waals surface area contributed by atoms with E-state index in [0.717, 1.165) is 74.3 Å². The summed E-state index contributed by atoms with van der Waals surface area (Å²) in [5.74, 6) is -0.969. The van der Waals surface area contributed by atoms with Gasteiger partial charge < -0.3 is 19.5 Å². The summed E-state index contributed by atoms with van der Waals surface area (Å²) in [5.41, 5.74) is 4.21. The second-order valence-electron chi connectivity index (χ2n) is 11.7. The van der Waals surface area contributed by atoms with Gasteiger partial charge in [-0.3, -0.25) is 14.4 Å². The molecule has 0 spiro atoms. The molecular weight excluding hydrogens is 593 g/mol. The Hall–Kier alpha value is -4.43. The molecule has 7 nitrogen and oxygen atoms in total. The first-order valence-corrected chi connectivity index (χ1v) is 15.8. The number of nitrogens with one attached hydrogen (secondary N) is 1. The number of carbonyl (C=O) groups excluding carboxylic acids is 2. The van der Waals surface area contributed by atoms with Crippen LogP contribution >= 0.6 is 11.6 Å². The Morgan fingerprint density at radius 2 is 1.73 bits per heavy atom. The van der Waals surface area contributed by atoms with Crippen LogP contribution in [0, 0.1) is 5.82 Å². The van der Waals surface area contributed by atoms with Crippen molar-refractivity contribution >= 4 is 40.1 Å². The lowest BCUT2D eigenvalue weighted by Gasteiger charge is -2.34. The van der Waals surface area contributed by atoms with Crippen LogP contribution in [0.3, 0.4) is 0 Å². The maximum atomic E-state index is 13.7. The monoisotopic (exact) mass is 627 g/mol. The van der Waals surface area contributed by atoms with E-state index in [1.165, 1.54) is 17.7 Å².